The second kappa shape index (κ2) is 6.31. The highest BCUT2D eigenvalue weighted by Crippen LogP contribution is 2.31. The number of rotatable bonds is 4. The monoisotopic (exact) mass is 349 g/mol. The Balaban J connectivity index is 1.58. The highest BCUT2D eigenvalue weighted by atomic mass is 16.3. The van der Waals surface area contributed by atoms with Crippen LogP contribution >= 0.6 is 0 Å². The van der Waals surface area contributed by atoms with Gasteiger partial charge in [-0.3, -0.25) is 9.59 Å². The average Bonchev–Trinajstić information content (AvgIpc) is 3.14. The average molecular weight is 349 g/mol. The van der Waals surface area contributed by atoms with Crippen LogP contribution in [0, 0.1) is 0 Å². The molecule has 0 saturated carbocycles. The minimum Gasteiger partial charge on any atom is -0.390 e. The van der Waals surface area contributed by atoms with Gasteiger partial charge in [-0.25, -0.2) is 0 Å². The maximum atomic E-state index is 12.6. The van der Waals surface area contributed by atoms with E-state index in [9.17, 15) is 14.7 Å². The summed E-state index contributed by atoms with van der Waals surface area (Å²) in [6.45, 7) is 0.0409. The zero-order valence-corrected chi connectivity index (χ0v) is 14.1. The highest BCUT2D eigenvalue weighted by molar-refractivity contribution is 6.06. The predicted octanol–water partition coefficient (Wildman–Crippen LogP) is 1.51. The molecule has 2 amide bonds. The van der Waals surface area contributed by atoms with Crippen LogP contribution in [0.15, 0.2) is 54.7 Å². The van der Waals surface area contributed by atoms with Gasteiger partial charge >= 0.3 is 0 Å². The molecule has 1 aliphatic carbocycles. The lowest BCUT2D eigenvalue weighted by atomic mass is 10.1. The molecule has 0 saturated heterocycles. The van der Waals surface area contributed by atoms with Gasteiger partial charge in [-0.15, -0.1) is 0 Å². The molecular weight excluding hydrogens is 330 g/mol. The Hall–Kier alpha value is -3.12. The first-order valence-corrected chi connectivity index (χ1v) is 8.47. The molecule has 2 aromatic carbocycles. The van der Waals surface area contributed by atoms with E-state index in [-0.39, 0.29) is 12.5 Å². The summed E-state index contributed by atoms with van der Waals surface area (Å²) in [7, 11) is 0. The van der Waals surface area contributed by atoms with Crippen LogP contribution in [0.5, 0.6) is 0 Å². The Morgan fingerprint density at radius 3 is 2.69 bits per heavy atom. The lowest BCUT2D eigenvalue weighted by molar-refractivity contribution is -0.123. The maximum absolute atomic E-state index is 12.6. The van der Waals surface area contributed by atoms with E-state index in [4.69, 9.17) is 5.73 Å². The van der Waals surface area contributed by atoms with E-state index in [0.29, 0.717) is 12.0 Å². The van der Waals surface area contributed by atoms with Gasteiger partial charge in [0.1, 0.15) is 6.54 Å². The molecule has 4 rings (SSSR count). The van der Waals surface area contributed by atoms with Gasteiger partial charge in [0.25, 0.3) is 5.91 Å². The molecule has 6 nitrogen and oxygen atoms in total. The van der Waals surface area contributed by atoms with Gasteiger partial charge in [0.15, 0.2) is 0 Å². The topological polar surface area (TPSA) is 97.4 Å². The summed E-state index contributed by atoms with van der Waals surface area (Å²) >= 11 is 0. The van der Waals surface area contributed by atoms with Crippen molar-refractivity contribution in [3.05, 3.63) is 71.4 Å². The number of amides is 2. The fourth-order valence-corrected chi connectivity index (χ4v) is 3.70. The molecule has 0 aliphatic heterocycles. The summed E-state index contributed by atoms with van der Waals surface area (Å²) in [6, 6.07) is 14.6. The zero-order valence-electron chi connectivity index (χ0n) is 14.1. The number of aliphatic hydroxyl groups excluding tert-OH is 1. The number of aliphatic hydroxyl groups is 1. The lowest BCUT2D eigenvalue weighted by Gasteiger charge is -2.18. The molecule has 6 heteroatoms. The van der Waals surface area contributed by atoms with Crippen molar-refractivity contribution in [2.24, 2.45) is 5.73 Å². The van der Waals surface area contributed by atoms with Gasteiger partial charge in [-0.05, 0) is 17.2 Å². The Bertz CT molecular complexity index is 1010. The second-order valence-electron chi connectivity index (χ2n) is 6.57. The Morgan fingerprint density at radius 2 is 1.88 bits per heavy atom. The van der Waals surface area contributed by atoms with Crippen molar-refractivity contribution in [3.8, 4) is 0 Å². The Kier molecular flexibility index (Phi) is 3.97. The molecule has 3 aromatic rings. The van der Waals surface area contributed by atoms with Crippen molar-refractivity contribution < 1.29 is 14.7 Å². The summed E-state index contributed by atoms with van der Waals surface area (Å²) in [5, 5.41) is 13.9. The summed E-state index contributed by atoms with van der Waals surface area (Å²) < 4.78 is 1.71. The SMILES string of the molecule is NC(=O)c1cn(CC(=O)N[C@H]2c3ccccc3C[C@H]2O)c2ccccc12. The van der Waals surface area contributed by atoms with E-state index >= 15 is 0 Å². The second-order valence-corrected chi connectivity index (χ2v) is 6.57. The fraction of sp³-hybridized carbons (Fsp3) is 0.200. The van der Waals surface area contributed by atoms with E-state index < -0.39 is 18.1 Å². The molecule has 1 aliphatic rings. The van der Waals surface area contributed by atoms with Crippen molar-refractivity contribution in [3.63, 3.8) is 0 Å². The van der Waals surface area contributed by atoms with Crippen LogP contribution in [0.2, 0.25) is 0 Å². The highest BCUT2D eigenvalue weighted by Gasteiger charge is 2.31. The third-order valence-electron chi connectivity index (χ3n) is 4.89. The zero-order chi connectivity index (χ0) is 18.3. The number of carbonyl (C=O) groups excluding carboxylic acids is 2. The maximum Gasteiger partial charge on any atom is 0.250 e. The molecule has 0 bridgehead atoms. The fourth-order valence-electron chi connectivity index (χ4n) is 3.70. The number of para-hydroxylation sites is 1. The minimum atomic E-state index is -0.640. The number of nitrogens with zero attached hydrogens (tertiary/aromatic N) is 1. The number of benzene rings is 2. The van der Waals surface area contributed by atoms with Crippen molar-refractivity contribution in [2.45, 2.75) is 25.1 Å². The molecule has 26 heavy (non-hydrogen) atoms. The van der Waals surface area contributed by atoms with Crippen LogP contribution in [0.1, 0.15) is 27.5 Å². The third kappa shape index (κ3) is 2.74. The Labute approximate surface area is 150 Å². The first kappa shape index (κ1) is 16.4. The lowest BCUT2D eigenvalue weighted by Crippen LogP contribution is -2.35. The first-order chi connectivity index (χ1) is 12.5. The molecule has 0 radical (unpaired) electrons. The number of hydrogen-bond donors (Lipinski definition) is 3. The summed E-state index contributed by atoms with van der Waals surface area (Å²) in [4.78, 5) is 24.2. The molecule has 0 spiro atoms. The van der Waals surface area contributed by atoms with Gasteiger partial charge in [-0.1, -0.05) is 42.5 Å². The van der Waals surface area contributed by atoms with Crippen LogP contribution in [0.3, 0.4) is 0 Å². The van der Waals surface area contributed by atoms with Gasteiger partial charge in [0, 0.05) is 23.5 Å². The summed E-state index contributed by atoms with van der Waals surface area (Å²) in [5.74, 6) is -0.761. The number of fused-ring (bicyclic) bond motifs is 2. The van der Waals surface area contributed by atoms with E-state index in [1.807, 2.05) is 42.5 Å². The molecule has 132 valence electrons. The summed E-state index contributed by atoms with van der Waals surface area (Å²) in [6.07, 6.45) is 1.49. The van der Waals surface area contributed by atoms with Gasteiger partial charge in [0.05, 0.1) is 17.7 Å². The molecule has 2 atom stereocenters. The first-order valence-electron chi connectivity index (χ1n) is 8.47. The van der Waals surface area contributed by atoms with E-state index in [1.54, 1.807) is 16.8 Å². The van der Waals surface area contributed by atoms with Gasteiger partial charge < -0.3 is 20.7 Å². The predicted molar refractivity (Wildman–Crippen MR) is 97.5 cm³/mol. The van der Waals surface area contributed by atoms with Crippen molar-refractivity contribution >= 4 is 22.7 Å². The minimum absolute atomic E-state index is 0.0409. The van der Waals surface area contributed by atoms with Crippen molar-refractivity contribution in [1.82, 2.24) is 9.88 Å². The van der Waals surface area contributed by atoms with Crippen LogP contribution in [-0.2, 0) is 17.8 Å². The Morgan fingerprint density at radius 1 is 1.15 bits per heavy atom. The van der Waals surface area contributed by atoms with Crippen LogP contribution in [0.4, 0.5) is 0 Å². The van der Waals surface area contributed by atoms with Crippen LogP contribution < -0.4 is 11.1 Å². The number of carbonyl (C=O) groups is 2. The standard InChI is InChI=1S/C20H19N3O3/c21-20(26)15-10-23(16-8-4-3-7-14(15)16)11-18(25)22-19-13-6-2-1-5-12(13)9-17(19)24/h1-8,10,17,19,24H,9,11H2,(H2,21,26)(H,22,25)/t17-,19+/m1/s1. The molecule has 1 heterocycles. The van der Waals surface area contributed by atoms with E-state index in [2.05, 4.69) is 5.32 Å². The number of hydrogen-bond acceptors (Lipinski definition) is 3. The van der Waals surface area contributed by atoms with Crippen molar-refractivity contribution in [1.29, 1.82) is 0 Å². The van der Waals surface area contributed by atoms with Crippen LogP contribution in [0.25, 0.3) is 10.9 Å². The molecular formula is C20H19N3O3. The third-order valence-corrected chi connectivity index (χ3v) is 4.89. The number of aromatic nitrogens is 1. The molecule has 0 unspecified atom stereocenters. The number of primary amides is 1. The normalized spacial score (nSPS) is 18.7. The van der Waals surface area contributed by atoms with Crippen molar-refractivity contribution in [2.75, 3.05) is 0 Å². The molecule has 4 N–H and O–H groups in total. The van der Waals surface area contributed by atoms with Crippen LogP contribution in [-0.4, -0.2) is 27.6 Å². The quantitative estimate of drug-likeness (QED) is 0.666. The van der Waals surface area contributed by atoms with Gasteiger partial charge in [0.2, 0.25) is 5.91 Å². The van der Waals surface area contributed by atoms with E-state index in [0.717, 1.165) is 22.0 Å². The molecule has 1 aromatic heterocycles. The summed E-state index contributed by atoms with van der Waals surface area (Å²) in [5.41, 5.74) is 8.59. The largest absolute Gasteiger partial charge is 0.390 e. The van der Waals surface area contributed by atoms with E-state index in [1.165, 1.54) is 0 Å². The smallest absolute Gasteiger partial charge is 0.250 e. The number of nitrogens with one attached hydrogen (secondary N) is 1. The van der Waals surface area contributed by atoms with Gasteiger partial charge in [-0.2, -0.15) is 0 Å². The molecule has 0 fully saturated rings. The number of nitrogens with two attached hydrogens (primary N) is 1.